The topological polar surface area (TPSA) is 57.6 Å². The van der Waals surface area contributed by atoms with Crippen molar-refractivity contribution >= 4 is 35.2 Å². The predicted octanol–water partition coefficient (Wildman–Crippen LogP) is 3.78. The highest BCUT2D eigenvalue weighted by Crippen LogP contribution is 2.59. The van der Waals surface area contributed by atoms with Crippen molar-refractivity contribution in [3.05, 3.63) is 28.8 Å². The molecule has 1 N–H and O–H groups in total. The van der Waals surface area contributed by atoms with E-state index in [-0.39, 0.29) is 17.2 Å². The highest BCUT2D eigenvalue weighted by Gasteiger charge is 2.59. The van der Waals surface area contributed by atoms with Crippen molar-refractivity contribution in [3.63, 3.8) is 0 Å². The molecular weight excluding hydrogens is 334 g/mol. The van der Waals surface area contributed by atoms with Crippen molar-refractivity contribution in [2.24, 2.45) is 11.3 Å². The van der Waals surface area contributed by atoms with Crippen LogP contribution in [-0.2, 0) is 4.79 Å². The Morgan fingerprint density at radius 1 is 1.39 bits per heavy atom. The number of hydrogen-bond donors (Lipinski definition) is 1. The molecule has 1 heterocycles. The van der Waals surface area contributed by atoms with Crippen LogP contribution in [0.5, 0.6) is 0 Å². The number of carboxylic acid groups (broad SMARTS) is 1. The average molecular weight is 354 g/mol. The number of carbonyl (C=O) groups excluding carboxylic acids is 1. The van der Waals surface area contributed by atoms with Crippen LogP contribution in [0.25, 0.3) is 0 Å². The molecule has 4 nitrogen and oxygen atoms in total. The molecule has 2 fully saturated rings. The summed E-state index contributed by atoms with van der Waals surface area (Å²) < 4.78 is 0. The molecule has 2 aliphatic rings. The third-order valence-electron chi connectivity index (χ3n) is 5.01. The summed E-state index contributed by atoms with van der Waals surface area (Å²) >= 11 is 7.70. The van der Waals surface area contributed by atoms with Gasteiger partial charge in [-0.3, -0.25) is 9.59 Å². The van der Waals surface area contributed by atoms with E-state index in [1.165, 1.54) is 0 Å². The molecule has 1 unspecified atom stereocenters. The van der Waals surface area contributed by atoms with Gasteiger partial charge in [-0.25, -0.2) is 0 Å². The third kappa shape index (κ3) is 3.22. The van der Waals surface area contributed by atoms with Crippen LogP contribution >= 0.6 is 23.4 Å². The maximum absolute atomic E-state index is 12.8. The van der Waals surface area contributed by atoms with Crippen molar-refractivity contribution in [1.29, 1.82) is 0 Å². The van der Waals surface area contributed by atoms with E-state index in [9.17, 15) is 9.59 Å². The number of nitrogens with zero attached hydrogens (tertiary/aromatic N) is 1. The van der Waals surface area contributed by atoms with Gasteiger partial charge in [0.2, 0.25) is 0 Å². The molecule has 0 bridgehead atoms. The fourth-order valence-corrected chi connectivity index (χ4v) is 4.47. The van der Waals surface area contributed by atoms with Gasteiger partial charge < -0.3 is 10.0 Å². The Bertz CT molecular complexity index is 641. The van der Waals surface area contributed by atoms with E-state index in [1.54, 1.807) is 17.8 Å². The van der Waals surface area contributed by atoms with E-state index in [0.29, 0.717) is 23.7 Å². The summed E-state index contributed by atoms with van der Waals surface area (Å²) in [6.45, 7) is 3.31. The monoisotopic (exact) mass is 353 g/mol. The average Bonchev–Trinajstić information content (AvgIpc) is 3.23. The zero-order chi connectivity index (χ0) is 16.6. The molecule has 1 aromatic carbocycles. The van der Waals surface area contributed by atoms with Gasteiger partial charge in [0.25, 0.3) is 5.91 Å². The molecule has 1 aliphatic carbocycles. The SMILES string of the molecule is CCSc1ccc(Cl)cc1C(=O)N1CCC2(CC1)CC2C(=O)O. The number of carbonyl (C=O) groups is 2. The molecule has 0 radical (unpaired) electrons. The molecule has 6 heteroatoms. The van der Waals surface area contributed by atoms with Crippen LogP contribution < -0.4 is 0 Å². The molecule has 1 saturated heterocycles. The second kappa shape index (κ2) is 6.36. The van der Waals surface area contributed by atoms with Crippen LogP contribution in [0.4, 0.5) is 0 Å². The van der Waals surface area contributed by atoms with E-state index in [0.717, 1.165) is 29.9 Å². The Morgan fingerprint density at radius 2 is 2.09 bits per heavy atom. The lowest BCUT2D eigenvalue weighted by molar-refractivity contribution is -0.139. The van der Waals surface area contributed by atoms with Gasteiger partial charge in [0.05, 0.1) is 11.5 Å². The second-order valence-corrected chi connectivity index (χ2v) is 8.07. The van der Waals surface area contributed by atoms with E-state index < -0.39 is 5.97 Å². The van der Waals surface area contributed by atoms with Crippen LogP contribution in [0.15, 0.2) is 23.1 Å². The Labute approximate surface area is 145 Å². The summed E-state index contributed by atoms with van der Waals surface area (Å²) in [5.41, 5.74) is 0.601. The van der Waals surface area contributed by atoms with Crippen LogP contribution in [0, 0.1) is 11.3 Å². The number of carboxylic acids is 1. The number of rotatable bonds is 4. The van der Waals surface area contributed by atoms with Gasteiger partial charge >= 0.3 is 5.97 Å². The maximum atomic E-state index is 12.8. The number of thioether (sulfide) groups is 1. The van der Waals surface area contributed by atoms with Gasteiger partial charge in [0, 0.05) is 23.0 Å². The molecule has 1 spiro atoms. The van der Waals surface area contributed by atoms with E-state index >= 15 is 0 Å². The zero-order valence-corrected chi connectivity index (χ0v) is 14.6. The summed E-state index contributed by atoms with van der Waals surface area (Å²) in [5, 5.41) is 9.72. The first-order valence-electron chi connectivity index (χ1n) is 7.91. The molecule has 3 rings (SSSR count). The highest BCUT2D eigenvalue weighted by molar-refractivity contribution is 7.99. The van der Waals surface area contributed by atoms with Crippen LogP contribution in [0.2, 0.25) is 5.02 Å². The molecular formula is C17H20ClNO3S. The van der Waals surface area contributed by atoms with Gasteiger partial charge in [-0.2, -0.15) is 0 Å². The van der Waals surface area contributed by atoms with Gasteiger partial charge in [-0.1, -0.05) is 18.5 Å². The largest absolute Gasteiger partial charge is 0.481 e. The number of benzene rings is 1. The first kappa shape index (κ1) is 16.7. The fraction of sp³-hybridized carbons (Fsp3) is 0.529. The summed E-state index contributed by atoms with van der Waals surface area (Å²) in [6.07, 6.45) is 2.33. The summed E-state index contributed by atoms with van der Waals surface area (Å²) in [6, 6.07) is 5.45. The third-order valence-corrected chi connectivity index (χ3v) is 6.20. The molecule has 1 saturated carbocycles. The smallest absolute Gasteiger partial charge is 0.307 e. The standard InChI is InChI=1S/C17H20ClNO3S/c1-2-23-14-4-3-11(18)9-12(14)15(20)19-7-5-17(6-8-19)10-13(17)16(21)22/h3-4,9,13H,2,5-8,10H2,1H3,(H,21,22). The first-order chi connectivity index (χ1) is 11.0. The minimum atomic E-state index is -0.693. The van der Waals surface area contributed by atoms with Crippen molar-refractivity contribution < 1.29 is 14.7 Å². The van der Waals surface area contributed by atoms with Crippen molar-refractivity contribution in [3.8, 4) is 0 Å². The zero-order valence-electron chi connectivity index (χ0n) is 13.0. The quantitative estimate of drug-likeness (QED) is 0.837. The molecule has 23 heavy (non-hydrogen) atoms. The summed E-state index contributed by atoms with van der Waals surface area (Å²) in [5.74, 6) is -0.00472. The molecule has 1 aliphatic heterocycles. The minimum absolute atomic E-state index is 0.00539. The van der Waals surface area contributed by atoms with Gasteiger partial charge in [0.15, 0.2) is 0 Å². The molecule has 1 atom stereocenters. The Morgan fingerprint density at radius 3 is 2.65 bits per heavy atom. The lowest BCUT2D eigenvalue weighted by Crippen LogP contribution is -2.40. The van der Waals surface area contributed by atoms with Crippen LogP contribution in [-0.4, -0.2) is 40.7 Å². The lowest BCUT2D eigenvalue weighted by Gasteiger charge is -2.33. The van der Waals surface area contributed by atoms with Gasteiger partial charge in [0.1, 0.15) is 0 Å². The number of aliphatic carboxylic acids is 1. The maximum Gasteiger partial charge on any atom is 0.307 e. The first-order valence-corrected chi connectivity index (χ1v) is 9.27. The Kier molecular flexibility index (Phi) is 4.61. The van der Waals surface area contributed by atoms with Crippen molar-refractivity contribution in [1.82, 2.24) is 4.90 Å². The minimum Gasteiger partial charge on any atom is -0.481 e. The number of piperidine rings is 1. The number of halogens is 1. The summed E-state index contributed by atoms with van der Waals surface area (Å²) in [4.78, 5) is 26.8. The second-order valence-electron chi connectivity index (χ2n) is 6.32. The molecule has 124 valence electrons. The van der Waals surface area contributed by atoms with Crippen molar-refractivity contribution in [2.45, 2.75) is 31.1 Å². The highest BCUT2D eigenvalue weighted by atomic mass is 35.5. The van der Waals surface area contributed by atoms with Crippen LogP contribution in [0.3, 0.4) is 0 Å². The van der Waals surface area contributed by atoms with E-state index in [4.69, 9.17) is 16.7 Å². The summed E-state index contributed by atoms with van der Waals surface area (Å²) in [7, 11) is 0. The predicted molar refractivity (Wildman–Crippen MR) is 91.2 cm³/mol. The lowest BCUT2D eigenvalue weighted by atomic mass is 9.90. The number of likely N-dealkylation sites (tertiary alicyclic amines) is 1. The van der Waals surface area contributed by atoms with Crippen molar-refractivity contribution in [2.75, 3.05) is 18.8 Å². The Hall–Kier alpha value is -1.20. The van der Waals surface area contributed by atoms with Gasteiger partial charge in [-0.15, -0.1) is 11.8 Å². The van der Waals surface area contributed by atoms with Gasteiger partial charge in [-0.05, 0) is 48.6 Å². The number of amides is 1. The van der Waals surface area contributed by atoms with E-state index in [1.807, 2.05) is 17.0 Å². The molecule has 1 amide bonds. The molecule has 1 aromatic rings. The Balaban J connectivity index is 1.71. The van der Waals surface area contributed by atoms with E-state index in [2.05, 4.69) is 6.92 Å². The normalized spacial score (nSPS) is 22.2. The fourth-order valence-electron chi connectivity index (χ4n) is 3.53. The number of hydrogen-bond acceptors (Lipinski definition) is 3. The molecule has 0 aromatic heterocycles. The van der Waals surface area contributed by atoms with Crippen LogP contribution in [0.1, 0.15) is 36.5 Å².